The maximum Gasteiger partial charge on any atom is 0.101 e. The second-order valence-corrected chi connectivity index (χ2v) is 5.21. The van der Waals surface area contributed by atoms with Crippen LogP contribution in [0.25, 0.3) is 0 Å². The zero-order valence-corrected chi connectivity index (χ0v) is 10.7. The van der Waals surface area contributed by atoms with Crippen LogP contribution in [0.3, 0.4) is 0 Å². The molecule has 0 heterocycles. The van der Waals surface area contributed by atoms with Gasteiger partial charge >= 0.3 is 0 Å². The van der Waals surface area contributed by atoms with Gasteiger partial charge in [0.2, 0.25) is 0 Å². The van der Waals surface area contributed by atoms with Crippen LogP contribution in [0, 0.1) is 30.1 Å². The van der Waals surface area contributed by atoms with Crippen molar-refractivity contribution in [3.8, 4) is 6.07 Å². The smallest absolute Gasteiger partial charge is 0.101 e. The molecule has 0 aromatic heterocycles. The summed E-state index contributed by atoms with van der Waals surface area (Å²) in [5.74, 6) is 1.58. The van der Waals surface area contributed by atoms with E-state index < -0.39 is 0 Å². The minimum Gasteiger partial charge on any atom is -0.384 e. The van der Waals surface area contributed by atoms with E-state index in [9.17, 15) is 0 Å². The lowest BCUT2D eigenvalue weighted by Crippen LogP contribution is -2.16. The zero-order valence-electron chi connectivity index (χ0n) is 10.7. The first-order valence-corrected chi connectivity index (χ1v) is 6.45. The molecule has 2 unspecified atom stereocenters. The number of nitriles is 1. The summed E-state index contributed by atoms with van der Waals surface area (Å²) in [6.45, 7) is 5.35. The van der Waals surface area contributed by atoms with Gasteiger partial charge in [0.15, 0.2) is 0 Å². The van der Waals surface area contributed by atoms with Gasteiger partial charge in [-0.15, -0.1) is 0 Å². The number of nitrogens with one attached hydrogen (secondary N) is 1. The van der Waals surface area contributed by atoms with Crippen molar-refractivity contribution >= 4 is 5.69 Å². The second kappa shape index (κ2) is 5.23. The van der Waals surface area contributed by atoms with Crippen LogP contribution in [0.15, 0.2) is 18.2 Å². The highest BCUT2D eigenvalue weighted by Crippen LogP contribution is 2.31. The van der Waals surface area contributed by atoms with Gasteiger partial charge in [0, 0.05) is 6.54 Å². The Labute approximate surface area is 104 Å². The third-order valence-electron chi connectivity index (χ3n) is 3.89. The van der Waals surface area contributed by atoms with Gasteiger partial charge in [-0.25, -0.2) is 0 Å². The Morgan fingerprint density at radius 1 is 1.41 bits per heavy atom. The van der Waals surface area contributed by atoms with Crippen molar-refractivity contribution in [3.63, 3.8) is 0 Å². The highest BCUT2D eigenvalue weighted by atomic mass is 14.9. The quantitative estimate of drug-likeness (QED) is 0.856. The average molecular weight is 228 g/mol. The molecule has 0 saturated heterocycles. The van der Waals surface area contributed by atoms with Crippen molar-refractivity contribution in [1.82, 2.24) is 0 Å². The predicted octanol–water partition coefficient (Wildman–Crippen LogP) is 3.71. The molecule has 1 saturated carbocycles. The average Bonchev–Trinajstić information content (AvgIpc) is 2.73. The normalized spacial score (nSPS) is 23.4. The number of benzene rings is 1. The fraction of sp³-hybridized carbons (Fsp3) is 0.533. The first kappa shape index (κ1) is 12.0. The lowest BCUT2D eigenvalue weighted by Gasteiger charge is -2.17. The molecule has 2 nitrogen and oxygen atoms in total. The first-order chi connectivity index (χ1) is 8.20. The van der Waals surface area contributed by atoms with Crippen LogP contribution in [-0.2, 0) is 0 Å². The third-order valence-corrected chi connectivity index (χ3v) is 3.89. The number of nitrogens with zero attached hydrogens (tertiary/aromatic N) is 1. The number of anilines is 1. The van der Waals surface area contributed by atoms with Crippen LogP contribution in [0.4, 0.5) is 5.69 Å². The Morgan fingerprint density at radius 2 is 2.24 bits per heavy atom. The largest absolute Gasteiger partial charge is 0.384 e. The van der Waals surface area contributed by atoms with Crippen LogP contribution in [0.2, 0.25) is 0 Å². The van der Waals surface area contributed by atoms with Gasteiger partial charge in [-0.3, -0.25) is 0 Å². The molecule has 1 aliphatic rings. The van der Waals surface area contributed by atoms with E-state index >= 15 is 0 Å². The van der Waals surface area contributed by atoms with Crippen molar-refractivity contribution in [2.75, 3.05) is 11.9 Å². The Bertz CT molecular complexity index is 431. The Balaban J connectivity index is 2.01. The van der Waals surface area contributed by atoms with Crippen molar-refractivity contribution in [2.45, 2.75) is 33.1 Å². The summed E-state index contributed by atoms with van der Waals surface area (Å²) < 4.78 is 0. The molecular formula is C15H20N2. The fourth-order valence-corrected chi connectivity index (χ4v) is 2.67. The molecule has 90 valence electrons. The highest BCUT2D eigenvalue weighted by Gasteiger charge is 2.22. The molecule has 0 spiro atoms. The SMILES string of the molecule is Cc1ccc(NCC2CCCC2C)c(C#N)c1. The van der Waals surface area contributed by atoms with E-state index in [-0.39, 0.29) is 0 Å². The van der Waals surface area contributed by atoms with Crippen LogP contribution < -0.4 is 5.32 Å². The van der Waals surface area contributed by atoms with Crippen molar-refractivity contribution in [1.29, 1.82) is 5.26 Å². The first-order valence-electron chi connectivity index (χ1n) is 6.45. The van der Waals surface area contributed by atoms with Crippen molar-refractivity contribution in [3.05, 3.63) is 29.3 Å². The summed E-state index contributed by atoms with van der Waals surface area (Å²) in [4.78, 5) is 0. The summed E-state index contributed by atoms with van der Waals surface area (Å²) in [5, 5.41) is 12.5. The molecule has 0 bridgehead atoms. The van der Waals surface area contributed by atoms with E-state index in [1.165, 1.54) is 19.3 Å². The number of hydrogen-bond acceptors (Lipinski definition) is 2. The topological polar surface area (TPSA) is 35.8 Å². The number of hydrogen-bond donors (Lipinski definition) is 1. The summed E-state index contributed by atoms with van der Waals surface area (Å²) in [5.41, 5.74) is 2.88. The molecule has 1 N–H and O–H groups in total. The minimum absolute atomic E-state index is 0.760. The van der Waals surface area contributed by atoms with E-state index in [1.807, 2.05) is 19.1 Å². The van der Waals surface area contributed by atoms with Gasteiger partial charge in [-0.1, -0.05) is 25.8 Å². The molecule has 2 atom stereocenters. The molecule has 2 heteroatoms. The predicted molar refractivity (Wildman–Crippen MR) is 70.9 cm³/mol. The maximum absolute atomic E-state index is 9.10. The van der Waals surface area contributed by atoms with Crippen molar-refractivity contribution < 1.29 is 0 Å². The molecule has 1 aliphatic carbocycles. The number of aryl methyl sites for hydroxylation is 1. The molecule has 1 aromatic rings. The molecule has 2 rings (SSSR count). The van der Waals surface area contributed by atoms with Gasteiger partial charge < -0.3 is 5.32 Å². The van der Waals surface area contributed by atoms with Gasteiger partial charge in [-0.2, -0.15) is 5.26 Å². The summed E-state index contributed by atoms with van der Waals surface area (Å²) >= 11 is 0. The van der Waals surface area contributed by atoms with Crippen molar-refractivity contribution in [2.24, 2.45) is 11.8 Å². The van der Waals surface area contributed by atoms with E-state index in [2.05, 4.69) is 24.4 Å². The van der Waals surface area contributed by atoms with E-state index in [4.69, 9.17) is 5.26 Å². The summed E-state index contributed by atoms with van der Waals surface area (Å²) in [6.07, 6.45) is 4.03. The molecule has 0 aliphatic heterocycles. The van der Waals surface area contributed by atoms with Crippen LogP contribution >= 0.6 is 0 Å². The lowest BCUT2D eigenvalue weighted by molar-refractivity contribution is 0.439. The summed E-state index contributed by atoms with van der Waals surface area (Å²) in [6, 6.07) is 8.28. The lowest BCUT2D eigenvalue weighted by atomic mass is 9.98. The Hall–Kier alpha value is -1.49. The molecular weight excluding hydrogens is 208 g/mol. The van der Waals surface area contributed by atoms with Gasteiger partial charge in [-0.05, 0) is 42.9 Å². The third kappa shape index (κ3) is 2.79. The van der Waals surface area contributed by atoms with Crippen LogP contribution in [-0.4, -0.2) is 6.54 Å². The monoisotopic (exact) mass is 228 g/mol. The van der Waals surface area contributed by atoms with Gasteiger partial charge in [0.05, 0.1) is 11.3 Å². The molecule has 17 heavy (non-hydrogen) atoms. The molecule has 0 amide bonds. The van der Waals surface area contributed by atoms with E-state index in [0.29, 0.717) is 0 Å². The fourth-order valence-electron chi connectivity index (χ4n) is 2.67. The van der Waals surface area contributed by atoms with Crippen LogP contribution in [0.1, 0.15) is 37.3 Å². The van der Waals surface area contributed by atoms with Crippen LogP contribution in [0.5, 0.6) is 0 Å². The molecule has 1 fully saturated rings. The maximum atomic E-state index is 9.10. The minimum atomic E-state index is 0.760. The Morgan fingerprint density at radius 3 is 2.88 bits per heavy atom. The van der Waals surface area contributed by atoms with E-state index in [0.717, 1.165) is 35.2 Å². The zero-order chi connectivity index (χ0) is 12.3. The van der Waals surface area contributed by atoms with Gasteiger partial charge in [0.25, 0.3) is 0 Å². The molecule has 1 aromatic carbocycles. The molecule has 0 radical (unpaired) electrons. The van der Waals surface area contributed by atoms with E-state index in [1.54, 1.807) is 0 Å². The highest BCUT2D eigenvalue weighted by molar-refractivity contribution is 5.58. The standard InChI is InChI=1S/C15H20N2/c1-11-6-7-15(14(8-11)9-16)17-10-13-5-3-4-12(13)2/h6-8,12-13,17H,3-5,10H2,1-2H3. The second-order valence-electron chi connectivity index (χ2n) is 5.21. The number of rotatable bonds is 3. The summed E-state index contributed by atoms with van der Waals surface area (Å²) in [7, 11) is 0. The van der Waals surface area contributed by atoms with Gasteiger partial charge in [0.1, 0.15) is 6.07 Å². The Kier molecular flexibility index (Phi) is 3.68.